The van der Waals surface area contributed by atoms with E-state index < -0.39 is 0 Å². The molecule has 2 aromatic rings. The van der Waals surface area contributed by atoms with Crippen LogP contribution in [0, 0.1) is 0 Å². The molecular weight excluding hydrogens is 270 g/mol. The standard InChI is InChI=1S/C17H16ClNO/c1-13(16-9-6-10-17(18)11-16)19(14(2)20)12-15-7-4-3-5-8-15/h3-11H,1,12H2,2H3. The molecule has 0 aromatic heterocycles. The summed E-state index contributed by atoms with van der Waals surface area (Å²) in [5, 5.41) is 0.631. The van der Waals surface area contributed by atoms with Crippen molar-refractivity contribution in [2.75, 3.05) is 0 Å². The molecule has 0 spiro atoms. The van der Waals surface area contributed by atoms with E-state index in [1.54, 1.807) is 17.9 Å². The van der Waals surface area contributed by atoms with Gasteiger partial charge in [-0.05, 0) is 23.3 Å². The number of rotatable bonds is 4. The first-order valence-corrected chi connectivity index (χ1v) is 6.72. The molecule has 102 valence electrons. The van der Waals surface area contributed by atoms with Crippen LogP contribution in [0.5, 0.6) is 0 Å². The summed E-state index contributed by atoms with van der Waals surface area (Å²) >= 11 is 5.99. The number of carbonyl (C=O) groups is 1. The molecule has 0 saturated heterocycles. The van der Waals surface area contributed by atoms with Crippen molar-refractivity contribution in [3.8, 4) is 0 Å². The smallest absolute Gasteiger partial charge is 0.224 e. The zero-order chi connectivity index (χ0) is 14.5. The van der Waals surface area contributed by atoms with Gasteiger partial charge in [0, 0.05) is 17.6 Å². The van der Waals surface area contributed by atoms with E-state index >= 15 is 0 Å². The molecule has 0 heterocycles. The van der Waals surface area contributed by atoms with Gasteiger partial charge in [-0.25, -0.2) is 0 Å². The summed E-state index contributed by atoms with van der Waals surface area (Å²) in [5.41, 5.74) is 2.57. The maximum Gasteiger partial charge on any atom is 0.224 e. The number of hydrogen-bond acceptors (Lipinski definition) is 1. The topological polar surface area (TPSA) is 20.3 Å². The molecule has 0 N–H and O–H groups in total. The number of carbonyl (C=O) groups excluding carboxylic acids is 1. The van der Waals surface area contributed by atoms with Crippen molar-refractivity contribution in [2.24, 2.45) is 0 Å². The van der Waals surface area contributed by atoms with Crippen LogP contribution in [-0.2, 0) is 11.3 Å². The minimum Gasteiger partial charge on any atom is -0.308 e. The van der Waals surface area contributed by atoms with Crippen molar-refractivity contribution in [2.45, 2.75) is 13.5 Å². The normalized spacial score (nSPS) is 10.1. The molecule has 2 nitrogen and oxygen atoms in total. The molecule has 0 unspecified atom stereocenters. The maximum absolute atomic E-state index is 11.9. The van der Waals surface area contributed by atoms with Crippen molar-refractivity contribution in [1.29, 1.82) is 0 Å². The zero-order valence-corrected chi connectivity index (χ0v) is 12.1. The second-order valence-corrected chi connectivity index (χ2v) is 4.98. The van der Waals surface area contributed by atoms with Gasteiger partial charge in [-0.1, -0.05) is 60.6 Å². The minimum atomic E-state index is -0.0428. The van der Waals surface area contributed by atoms with Crippen LogP contribution >= 0.6 is 11.6 Å². The number of nitrogens with zero attached hydrogens (tertiary/aromatic N) is 1. The lowest BCUT2D eigenvalue weighted by Gasteiger charge is -2.24. The first-order valence-electron chi connectivity index (χ1n) is 6.35. The van der Waals surface area contributed by atoms with Gasteiger partial charge in [0.15, 0.2) is 0 Å². The zero-order valence-electron chi connectivity index (χ0n) is 11.3. The van der Waals surface area contributed by atoms with Gasteiger partial charge < -0.3 is 4.90 Å². The highest BCUT2D eigenvalue weighted by Crippen LogP contribution is 2.22. The van der Waals surface area contributed by atoms with E-state index in [9.17, 15) is 4.79 Å². The van der Waals surface area contributed by atoms with Gasteiger partial charge in [-0.3, -0.25) is 4.79 Å². The Morgan fingerprint density at radius 1 is 1.15 bits per heavy atom. The van der Waals surface area contributed by atoms with Crippen LogP contribution in [0.4, 0.5) is 0 Å². The van der Waals surface area contributed by atoms with E-state index in [0.717, 1.165) is 11.1 Å². The van der Waals surface area contributed by atoms with Crippen molar-refractivity contribution >= 4 is 23.2 Å². The Bertz CT molecular complexity index is 622. The SMILES string of the molecule is C=C(c1cccc(Cl)c1)N(Cc1ccccc1)C(C)=O. The summed E-state index contributed by atoms with van der Waals surface area (Å²) in [7, 11) is 0. The Labute approximate surface area is 124 Å². The first kappa shape index (κ1) is 14.4. The summed E-state index contributed by atoms with van der Waals surface area (Å²) in [5.74, 6) is -0.0428. The van der Waals surface area contributed by atoms with Crippen LogP contribution in [0.2, 0.25) is 5.02 Å². The molecule has 20 heavy (non-hydrogen) atoms. The van der Waals surface area contributed by atoms with Crippen LogP contribution in [-0.4, -0.2) is 10.8 Å². The third-order valence-corrected chi connectivity index (χ3v) is 3.28. The summed E-state index contributed by atoms with van der Waals surface area (Å²) in [6.45, 7) is 6.07. The Kier molecular flexibility index (Phi) is 4.59. The fourth-order valence-electron chi connectivity index (χ4n) is 1.99. The average Bonchev–Trinajstić information content (AvgIpc) is 2.45. The number of benzene rings is 2. The summed E-state index contributed by atoms with van der Waals surface area (Å²) in [6, 6.07) is 17.2. The Morgan fingerprint density at radius 3 is 2.45 bits per heavy atom. The van der Waals surface area contributed by atoms with Crippen LogP contribution in [0.25, 0.3) is 5.70 Å². The first-order chi connectivity index (χ1) is 9.58. The highest BCUT2D eigenvalue weighted by molar-refractivity contribution is 6.30. The minimum absolute atomic E-state index is 0.0428. The van der Waals surface area contributed by atoms with E-state index in [1.807, 2.05) is 48.5 Å². The molecule has 0 aliphatic heterocycles. The molecule has 2 aromatic carbocycles. The maximum atomic E-state index is 11.9. The molecule has 0 aliphatic carbocycles. The molecule has 0 radical (unpaired) electrons. The Hall–Kier alpha value is -2.06. The number of amides is 1. The van der Waals surface area contributed by atoms with E-state index in [4.69, 9.17) is 11.6 Å². The molecule has 0 bridgehead atoms. The van der Waals surface area contributed by atoms with Gasteiger partial charge in [0.2, 0.25) is 5.91 Å². The number of halogens is 1. The molecule has 1 amide bonds. The van der Waals surface area contributed by atoms with Gasteiger partial charge in [0.25, 0.3) is 0 Å². The van der Waals surface area contributed by atoms with Crippen LogP contribution in [0.3, 0.4) is 0 Å². The molecular formula is C17H16ClNO. The summed E-state index contributed by atoms with van der Waals surface area (Å²) < 4.78 is 0. The fourth-order valence-corrected chi connectivity index (χ4v) is 2.18. The lowest BCUT2D eigenvalue weighted by molar-refractivity contribution is -0.126. The summed E-state index contributed by atoms with van der Waals surface area (Å²) in [4.78, 5) is 13.5. The number of hydrogen-bond donors (Lipinski definition) is 0. The Morgan fingerprint density at radius 2 is 1.85 bits per heavy atom. The molecule has 0 aliphatic rings. The fraction of sp³-hybridized carbons (Fsp3) is 0.118. The van der Waals surface area contributed by atoms with Crippen molar-refractivity contribution in [3.63, 3.8) is 0 Å². The van der Waals surface area contributed by atoms with Gasteiger partial charge in [0.05, 0.1) is 6.54 Å². The van der Waals surface area contributed by atoms with Gasteiger partial charge in [-0.15, -0.1) is 0 Å². The molecule has 3 heteroatoms. The Balaban J connectivity index is 2.25. The van der Waals surface area contributed by atoms with E-state index in [1.165, 1.54) is 0 Å². The van der Waals surface area contributed by atoms with Crippen molar-refractivity contribution < 1.29 is 4.79 Å². The van der Waals surface area contributed by atoms with E-state index in [-0.39, 0.29) is 5.91 Å². The lowest BCUT2D eigenvalue weighted by atomic mass is 10.1. The largest absolute Gasteiger partial charge is 0.308 e. The molecule has 0 saturated carbocycles. The molecule has 0 fully saturated rings. The lowest BCUT2D eigenvalue weighted by Crippen LogP contribution is -2.26. The van der Waals surface area contributed by atoms with Crippen LogP contribution < -0.4 is 0 Å². The third-order valence-electron chi connectivity index (χ3n) is 3.05. The second kappa shape index (κ2) is 6.40. The molecule has 0 atom stereocenters. The monoisotopic (exact) mass is 285 g/mol. The van der Waals surface area contributed by atoms with Crippen molar-refractivity contribution in [3.05, 3.63) is 77.3 Å². The third kappa shape index (κ3) is 3.49. The van der Waals surface area contributed by atoms with Gasteiger partial charge >= 0.3 is 0 Å². The van der Waals surface area contributed by atoms with E-state index in [0.29, 0.717) is 17.3 Å². The van der Waals surface area contributed by atoms with Crippen LogP contribution in [0.1, 0.15) is 18.1 Å². The quantitative estimate of drug-likeness (QED) is 0.817. The van der Waals surface area contributed by atoms with E-state index in [2.05, 4.69) is 6.58 Å². The van der Waals surface area contributed by atoms with Gasteiger partial charge in [0.1, 0.15) is 0 Å². The summed E-state index contributed by atoms with van der Waals surface area (Å²) in [6.07, 6.45) is 0. The predicted molar refractivity (Wildman–Crippen MR) is 83.2 cm³/mol. The van der Waals surface area contributed by atoms with Gasteiger partial charge in [-0.2, -0.15) is 0 Å². The highest BCUT2D eigenvalue weighted by Gasteiger charge is 2.14. The second-order valence-electron chi connectivity index (χ2n) is 4.55. The average molecular weight is 286 g/mol. The van der Waals surface area contributed by atoms with Crippen LogP contribution in [0.15, 0.2) is 61.2 Å². The molecule has 2 rings (SSSR count). The van der Waals surface area contributed by atoms with Crippen molar-refractivity contribution in [1.82, 2.24) is 4.90 Å². The highest BCUT2D eigenvalue weighted by atomic mass is 35.5. The predicted octanol–water partition coefficient (Wildman–Crippen LogP) is 4.36.